The van der Waals surface area contributed by atoms with Crippen LogP contribution in [0, 0.1) is 0 Å². The second kappa shape index (κ2) is 7.08. The van der Waals surface area contributed by atoms with Crippen molar-refractivity contribution in [2.75, 3.05) is 6.54 Å². The lowest BCUT2D eigenvalue weighted by atomic mass is 10.5. The smallest absolute Gasteiger partial charge is 0.109 e. The fourth-order valence-electron chi connectivity index (χ4n) is 0.333. The molecule has 9 heavy (non-hydrogen) atoms. The van der Waals surface area contributed by atoms with Gasteiger partial charge in [-0.1, -0.05) is 19.6 Å². The monoisotopic (exact) mass is 124 g/mol. The van der Waals surface area contributed by atoms with E-state index >= 15 is 0 Å². The average Bonchev–Trinajstić information content (AvgIpc) is 1.89. The SMILES string of the molecule is C=CC=NC=NCCC. The Morgan fingerprint density at radius 3 is 2.89 bits per heavy atom. The number of aliphatic imine (C=N–C) groups is 2. The van der Waals surface area contributed by atoms with E-state index in [0.717, 1.165) is 13.0 Å². The van der Waals surface area contributed by atoms with Crippen LogP contribution < -0.4 is 0 Å². The minimum absolute atomic E-state index is 0.856. The molecule has 0 amide bonds. The normalized spacial score (nSPS) is 11.2. The van der Waals surface area contributed by atoms with Crippen molar-refractivity contribution in [2.45, 2.75) is 13.3 Å². The highest BCUT2D eigenvalue weighted by molar-refractivity contribution is 5.79. The van der Waals surface area contributed by atoms with Crippen LogP contribution in [0.3, 0.4) is 0 Å². The van der Waals surface area contributed by atoms with Crippen LogP contribution >= 0.6 is 0 Å². The largest absolute Gasteiger partial charge is 0.274 e. The molecule has 0 aliphatic heterocycles. The van der Waals surface area contributed by atoms with Gasteiger partial charge in [-0.05, 0) is 6.42 Å². The number of nitrogens with zero attached hydrogens (tertiary/aromatic N) is 2. The van der Waals surface area contributed by atoms with Gasteiger partial charge in [0.05, 0.1) is 0 Å². The Hall–Kier alpha value is -0.920. The molecule has 0 N–H and O–H groups in total. The maximum atomic E-state index is 3.96. The van der Waals surface area contributed by atoms with E-state index in [0.29, 0.717) is 0 Å². The first kappa shape index (κ1) is 8.08. The lowest BCUT2D eigenvalue weighted by Crippen LogP contribution is -1.74. The van der Waals surface area contributed by atoms with Crippen LogP contribution in [0.15, 0.2) is 22.6 Å². The van der Waals surface area contributed by atoms with E-state index in [4.69, 9.17) is 0 Å². The zero-order valence-electron chi connectivity index (χ0n) is 5.75. The Balaban J connectivity index is 3.23. The van der Waals surface area contributed by atoms with E-state index in [1.165, 1.54) is 0 Å². The lowest BCUT2D eigenvalue weighted by Gasteiger charge is -1.79. The maximum absolute atomic E-state index is 3.96. The van der Waals surface area contributed by atoms with Crippen LogP contribution in [0.4, 0.5) is 0 Å². The summed E-state index contributed by atoms with van der Waals surface area (Å²) in [5.74, 6) is 0. The predicted molar refractivity (Wildman–Crippen MR) is 42.3 cm³/mol. The molecule has 0 spiro atoms. The fraction of sp³-hybridized carbons (Fsp3) is 0.429. The minimum Gasteiger partial charge on any atom is -0.274 e. The van der Waals surface area contributed by atoms with E-state index in [1.807, 2.05) is 0 Å². The van der Waals surface area contributed by atoms with Gasteiger partial charge >= 0.3 is 0 Å². The Morgan fingerprint density at radius 1 is 1.56 bits per heavy atom. The van der Waals surface area contributed by atoms with E-state index < -0.39 is 0 Å². The average molecular weight is 124 g/mol. The topological polar surface area (TPSA) is 24.7 Å². The molecule has 0 aromatic carbocycles. The van der Waals surface area contributed by atoms with Gasteiger partial charge in [-0.15, -0.1) is 0 Å². The number of allylic oxidation sites excluding steroid dienone is 1. The number of hydrogen-bond donors (Lipinski definition) is 0. The molecule has 50 valence electrons. The highest BCUT2D eigenvalue weighted by Crippen LogP contribution is 1.74. The molecule has 0 radical (unpaired) electrons. The van der Waals surface area contributed by atoms with Gasteiger partial charge in [0, 0.05) is 12.8 Å². The molecular weight excluding hydrogens is 112 g/mol. The highest BCUT2D eigenvalue weighted by Gasteiger charge is 1.67. The van der Waals surface area contributed by atoms with Crippen LogP contribution in [0.25, 0.3) is 0 Å². The molecule has 0 aromatic heterocycles. The van der Waals surface area contributed by atoms with Gasteiger partial charge in [-0.2, -0.15) is 0 Å². The van der Waals surface area contributed by atoms with E-state index in [9.17, 15) is 0 Å². The van der Waals surface area contributed by atoms with Crippen molar-refractivity contribution in [3.8, 4) is 0 Å². The predicted octanol–water partition coefficient (Wildman–Crippen LogP) is 1.68. The van der Waals surface area contributed by atoms with Gasteiger partial charge in [0.15, 0.2) is 0 Å². The quantitative estimate of drug-likeness (QED) is 0.402. The third-order valence-electron chi connectivity index (χ3n) is 0.692. The first-order chi connectivity index (χ1) is 4.41. The molecule has 0 aliphatic rings. The summed E-state index contributed by atoms with van der Waals surface area (Å²) in [5, 5.41) is 0. The summed E-state index contributed by atoms with van der Waals surface area (Å²) in [7, 11) is 0. The molecule has 0 unspecified atom stereocenters. The summed E-state index contributed by atoms with van der Waals surface area (Å²) < 4.78 is 0. The molecule has 0 rings (SSSR count). The van der Waals surface area contributed by atoms with Gasteiger partial charge in [-0.25, -0.2) is 4.99 Å². The van der Waals surface area contributed by atoms with E-state index in [1.54, 1.807) is 18.6 Å². The Bertz CT molecular complexity index is 114. The molecule has 0 saturated heterocycles. The third-order valence-corrected chi connectivity index (χ3v) is 0.692. The van der Waals surface area contributed by atoms with Crippen LogP contribution in [0.2, 0.25) is 0 Å². The van der Waals surface area contributed by atoms with Crippen LogP contribution in [-0.2, 0) is 0 Å². The zero-order chi connectivity index (χ0) is 6.95. The molecule has 2 nitrogen and oxygen atoms in total. The molecule has 0 atom stereocenters. The van der Waals surface area contributed by atoms with Crippen LogP contribution in [0.5, 0.6) is 0 Å². The van der Waals surface area contributed by atoms with Crippen molar-refractivity contribution in [3.05, 3.63) is 12.7 Å². The van der Waals surface area contributed by atoms with Gasteiger partial charge in [0.25, 0.3) is 0 Å². The molecule has 0 heterocycles. The van der Waals surface area contributed by atoms with Crippen molar-refractivity contribution in [2.24, 2.45) is 9.98 Å². The van der Waals surface area contributed by atoms with Crippen molar-refractivity contribution < 1.29 is 0 Å². The second-order valence-electron chi connectivity index (χ2n) is 1.56. The fourth-order valence-corrected chi connectivity index (χ4v) is 0.333. The minimum atomic E-state index is 0.856. The van der Waals surface area contributed by atoms with Crippen LogP contribution in [0.1, 0.15) is 13.3 Å². The van der Waals surface area contributed by atoms with Gasteiger partial charge in [0.1, 0.15) is 6.34 Å². The van der Waals surface area contributed by atoms with E-state index in [-0.39, 0.29) is 0 Å². The zero-order valence-corrected chi connectivity index (χ0v) is 5.75. The van der Waals surface area contributed by atoms with Gasteiger partial charge in [0.2, 0.25) is 0 Å². The molecular formula is C7H12N2. The first-order valence-corrected chi connectivity index (χ1v) is 3.04. The second-order valence-corrected chi connectivity index (χ2v) is 1.56. The summed E-state index contributed by atoms with van der Waals surface area (Å²) in [6.45, 7) is 6.40. The van der Waals surface area contributed by atoms with Gasteiger partial charge < -0.3 is 0 Å². The molecule has 0 aliphatic carbocycles. The maximum Gasteiger partial charge on any atom is 0.109 e. The van der Waals surface area contributed by atoms with Crippen molar-refractivity contribution >= 4 is 12.6 Å². The Morgan fingerprint density at radius 2 is 2.33 bits per heavy atom. The summed E-state index contributed by atoms with van der Waals surface area (Å²) >= 11 is 0. The molecule has 2 heteroatoms. The molecule has 0 aromatic rings. The summed E-state index contributed by atoms with van der Waals surface area (Å²) in [6, 6.07) is 0. The molecule has 0 bridgehead atoms. The van der Waals surface area contributed by atoms with Gasteiger partial charge in [-0.3, -0.25) is 4.99 Å². The first-order valence-electron chi connectivity index (χ1n) is 3.04. The summed E-state index contributed by atoms with van der Waals surface area (Å²) in [5.41, 5.74) is 0. The number of rotatable bonds is 4. The Kier molecular flexibility index (Phi) is 6.36. The van der Waals surface area contributed by atoms with Crippen LogP contribution in [-0.4, -0.2) is 19.1 Å². The summed E-state index contributed by atoms with van der Waals surface area (Å²) in [6.07, 6.45) is 5.85. The highest BCUT2D eigenvalue weighted by atomic mass is 14.8. The van der Waals surface area contributed by atoms with E-state index in [2.05, 4.69) is 23.5 Å². The third kappa shape index (κ3) is 7.08. The summed E-state index contributed by atoms with van der Waals surface area (Å²) in [4.78, 5) is 7.75. The lowest BCUT2D eigenvalue weighted by molar-refractivity contribution is 0.935. The molecule has 0 fully saturated rings. The standard InChI is InChI=1S/C7H12N2/c1-3-5-8-7-9-6-4-2/h3,5,7H,1,4,6H2,2H3. The number of hydrogen-bond acceptors (Lipinski definition) is 1. The molecule has 0 saturated carbocycles. The van der Waals surface area contributed by atoms with Crippen molar-refractivity contribution in [3.63, 3.8) is 0 Å². The van der Waals surface area contributed by atoms with Crippen molar-refractivity contribution in [1.82, 2.24) is 0 Å². The Labute approximate surface area is 56.0 Å². The van der Waals surface area contributed by atoms with Crippen molar-refractivity contribution in [1.29, 1.82) is 0 Å².